The number of amides is 1. The van der Waals surface area contributed by atoms with E-state index in [1.54, 1.807) is 0 Å². The van der Waals surface area contributed by atoms with Gasteiger partial charge in [0.2, 0.25) is 5.91 Å². The molecule has 0 aromatic rings. The number of nitrogens with two attached hydrogens (primary N) is 1. The number of hydrogen-bond donors (Lipinski definition) is 1. The van der Waals surface area contributed by atoms with Crippen LogP contribution in [0.2, 0.25) is 0 Å². The van der Waals surface area contributed by atoms with E-state index in [9.17, 15) is 4.79 Å². The van der Waals surface area contributed by atoms with Crippen molar-refractivity contribution in [2.24, 2.45) is 17.6 Å². The van der Waals surface area contributed by atoms with Gasteiger partial charge >= 0.3 is 0 Å². The van der Waals surface area contributed by atoms with Gasteiger partial charge in [-0.05, 0) is 12.3 Å². The monoisotopic (exact) mass is 157 g/mol. The quantitative estimate of drug-likeness (QED) is 0.651. The number of carbonyl (C=O) groups excluding carboxylic acids is 1. The Bertz CT molecular complexity index is 123. The minimum absolute atomic E-state index is 0.0292. The van der Waals surface area contributed by atoms with Crippen molar-refractivity contribution in [1.82, 2.24) is 0 Å². The molecule has 0 aliphatic rings. The second-order valence-corrected chi connectivity index (χ2v) is 3.31. The standard InChI is InChI=1S/C9H19NO/c1-4-5-6-7(2)8(3)9(10)11/h7-8H,4-6H2,1-3H3,(H2,10,11). The zero-order valence-corrected chi connectivity index (χ0v) is 7.76. The molecule has 0 saturated heterocycles. The molecule has 11 heavy (non-hydrogen) atoms. The topological polar surface area (TPSA) is 43.1 Å². The van der Waals surface area contributed by atoms with Crippen LogP contribution in [0.1, 0.15) is 40.0 Å². The second kappa shape index (κ2) is 5.16. The van der Waals surface area contributed by atoms with Crippen LogP contribution in [-0.4, -0.2) is 5.91 Å². The molecule has 1 amide bonds. The first-order valence-electron chi connectivity index (χ1n) is 4.38. The molecule has 2 N–H and O–H groups in total. The van der Waals surface area contributed by atoms with Gasteiger partial charge in [0.05, 0.1) is 0 Å². The summed E-state index contributed by atoms with van der Waals surface area (Å²) < 4.78 is 0. The van der Waals surface area contributed by atoms with Crippen LogP contribution in [-0.2, 0) is 4.79 Å². The van der Waals surface area contributed by atoms with Gasteiger partial charge in [-0.15, -0.1) is 0 Å². The highest BCUT2D eigenvalue weighted by molar-refractivity contribution is 5.76. The lowest BCUT2D eigenvalue weighted by molar-refractivity contribution is -0.122. The molecule has 0 aromatic carbocycles. The van der Waals surface area contributed by atoms with E-state index in [2.05, 4.69) is 13.8 Å². The van der Waals surface area contributed by atoms with Gasteiger partial charge in [-0.25, -0.2) is 0 Å². The lowest BCUT2D eigenvalue weighted by Gasteiger charge is -2.15. The first-order valence-corrected chi connectivity index (χ1v) is 4.38. The van der Waals surface area contributed by atoms with Crippen LogP contribution in [0.5, 0.6) is 0 Å². The van der Waals surface area contributed by atoms with Gasteiger partial charge in [-0.1, -0.05) is 33.6 Å². The van der Waals surface area contributed by atoms with Crippen molar-refractivity contribution in [3.8, 4) is 0 Å². The van der Waals surface area contributed by atoms with Crippen LogP contribution < -0.4 is 5.73 Å². The fourth-order valence-corrected chi connectivity index (χ4v) is 1.06. The minimum Gasteiger partial charge on any atom is -0.369 e. The lowest BCUT2D eigenvalue weighted by atomic mass is 9.91. The summed E-state index contributed by atoms with van der Waals surface area (Å²) in [6.45, 7) is 6.15. The summed E-state index contributed by atoms with van der Waals surface area (Å²) in [4.78, 5) is 10.7. The summed E-state index contributed by atoms with van der Waals surface area (Å²) in [5, 5.41) is 0. The maximum absolute atomic E-state index is 10.7. The van der Waals surface area contributed by atoms with E-state index in [4.69, 9.17) is 5.73 Å². The Kier molecular flexibility index (Phi) is 4.92. The minimum atomic E-state index is -0.173. The van der Waals surface area contributed by atoms with Crippen LogP contribution in [0.4, 0.5) is 0 Å². The van der Waals surface area contributed by atoms with Crippen molar-refractivity contribution < 1.29 is 4.79 Å². The van der Waals surface area contributed by atoms with E-state index >= 15 is 0 Å². The molecule has 0 saturated carbocycles. The third-order valence-corrected chi connectivity index (χ3v) is 2.32. The molecule has 0 bridgehead atoms. The highest BCUT2D eigenvalue weighted by Crippen LogP contribution is 2.16. The Labute approximate surface area is 69.2 Å². The SMILES string of the molecule is CCCCC(C)C(C)C(N)=O. The predicted octanol–water partition coefficient (Wildman–Crippen LogP) is 1.93. The Morgan fingerprint density at radius 3 is 2.36 bits per heavy atom. The Balaban J connectivity index is 3.63. The molecule has 0 aliphatic carbocycles. The largest absolute Gasteiger partial charge is 0.369 e. The number of unbranched alkanes of at least 4 members (excludes halogenated alkanes) is 1. The summed E-state index contributed by atoms with van der Waals surface area (Å²) in [7, 11) is 0. The average Bonchev–Trinajstić information content (AvgIpc) is 1.98. The van der Waals surface area contributed by atoms with Crippen molar-refractivity contribution in [1.29, 1.82) is 0 Å². The molecule has 2 nitrogen and oxygen atoms in total. The Morgan fingerprint density at radius 1 is 1.45 bits per heavy atom. The zero-order valence-electron chi connectivity index (χ0n) is 7.76. The van der Waals surface area contributed by atoms with Gasteiger partial charge in [-0.2, -0.15) is 0 Å². The lowest BCUT2D eigenvalue weighted by Crippen LogP contribution is -2.25. The molecular weight excluding hydrogens is 138 g/mol. The van der Waals surface area contributed by atoms with Gasteiger partial charge in [0.25, 0.3) is 0 Å². The highest BCUT2D eigenvalue weighted by atomic mass is 16.1. The normalized spacial score (nSPS) is 15.9. The molecule has 0 rings (SSSR count). The molecule has 0 radical (unpaired) electrons. The number of hydrogen-bond acceptors (Lipinski definition) is 1. The fourth-order valence-electron chi connectivity index (χ4n) is 1.06. The highest BCUT2D eigenvalue weighted by Gasteiger charge is 2.16. The summed E-state index contributed by atoms with van der Waals surface area (Å²) in [6.07, 6.45) is 3.50. The smallest absolute Gasteiger partial charge is 0.220 e. The molecule has 2 unspecified atom stereocenters. The van der Waals surface area contributed by atoms with Crippen LogP contribution in [0.15, 0.2) is 0 Å². The van der Waals surface area contributed by atoms with Gasteiger partial charge in [0, 0.05) is 5.92 Å². The van der Waals surface area contributed by atoms with Crippen molar-refractivity contribution in [3.63, 3.8) is 0 Å². The van der Waals surface area contributed by atoms with E-state index in [-0.39, 0.29) is 11.8 Å². The van der Waals surface area contributed by atoms with E-state index in [1.165, 1.54) is 12.8 Å². The molecule has 2 heteroatoms. The average molecular weight is 157 g/mol. The van der Waals surface area contributed by atoms with Crippen molar-refractivity contribution in [3.05, 3.63) is 0 Å². The number of carbonyl (C=O) groups is 1. The van der Waals surface area contributed by atoms with Crippen LogP contribution >= 0.6 is 0 Å². The zero-order chi connectivity index (χ0) is 8.85. The summed E-state index contributed by atoms with van der Waals surface area (Å²) in [5.74, 6) is 0.294. The molecule has 0 aliphatic heterocycles. The predicted molar refractivity (Wildman–Crippen MR) is 47.0 cm³/mol. The van der Waals surface area contributed by atoms with Crippen molar-refractivity contribution >= 4 is 5.91 Å². The first kappa shape index (κ1) is 10.5. The van der Waals surface area contributed by atoms with Crippen molar-refractivity contribution in [2.75, 3.05) is 0 Å². The van der Waals surface area contributed by atoms with Gasteiger partial charge in [-0.3, -0.25) is 4.79 Å². The molecule has 0 spiro atoms. The molecule has 0 aromatic heterocycles. The fraction of sp³-hybridized carbons (Fsp3) is 0.889. The van der Waals surface area contributed by atoms with Gasteiger partial charge in [0.1, 0.15) is 0 Å². The maximum atomic E-state index is 10.7. The summed E-state index contributed by atoms with van der Waals surface area (Å²) >= 11 is 0. The van der Waals surface area contributed by atoms with E-state index in [0.717, 1.165) is 6.42 Å². The Morgan fingerprint density at radius 2 is 2.00 bits per heavy atom. The van der Waals surface area contributed by atoms with Crippen LogP contribution in [0.3, 0.4) is 0 Å². The molecular formula is C9H19NO. The van der Waals surface area contributed by atoms with Gasteiger partial charge in [0.15, 0.2) is 0 Å². The van der Waals surface area contributed by atoms with E-state index in [0.29, 0.717) is 5.92 Å². The first-order chi connectivity index (χ1) is 5.09. The molecule has 66 valence electrons. The third kappa shape index (κ3) is 4.02. The molecule has 0 fully saturated rings. The molecule has 0 heterocycles. The number of rotatable bonds is 5. The second-order valence-electron chi connectivity index (χ2n) is 3.31. The van der Waals surface area contributed by atoms with Crippen LogP contribution in [0, 0.1) is 11.8 Å². The maximum Gasteiger partial charge on any atom is 0.220 e. The van der Waals surface area contributed by atoms with Gasteiger partial charge < -0.3 is 5.73 Å². The number of primary amides is 1. The van der Waals surface area contributed by atoms with E-state index in [1.807, 2.05) is 6.92 Å². The van der Waals surface area contributed by atoms with Crippen LogP contribution in [0.25, 0.3) is 0 Å². The third-order valence-electron chi connectivity index (χ3n) is 2.32. The summed E-state index contributed by atoms with van der Waals surface area (Å²) in [6, 6.07) is 0. The molecule has 2 atom stereocenters. The Hall–Kier alpha value is -0.530. The van der Waals surface area contributed by atoms with Crippen molar-refractivity contribution in [2.45, 2.75) is 40.0 Å². The van der Waals surface area contributed by atoms with E-state index < -0.39 is 0 Å². The summed E-state index contributed by atoms with van der Waals surface area (Å²) in [5.41, 5.74) is 5.17.